The summed E-state index contributed by atoms with van der Waals surface area (Å²) in [4.78, 5) is 18.1. The fourth-order valence-electron chi connectivity index (χ4n) is 1.71. The molecule has 8 heteroatoms. The van der Waals surface area contributed by atoms with Gasteiger partial charge < -0.3 is 15.9 Å². The van der Waals surface area contributed by atoms with Crippen LogP contribution in [0.2, 0.25) is 0 Å². The number of H-pyrrole nitrogens is 1. The smallest absolute Gasteiger partial charge is 0.251 e. The van der Waals surface area contributed by atoms with E-state index in [9.17, 15) is 9.18 Å². The molecule has 1 aromatic carbocycles. The number of nitrogens with two attached hydrogens (primary N) is 1. The quantitative estimate of drug-likeness (QED) is 0.199. The number of nitrogens with one attached hydrogen (secondary N) is 1. The lowest BCUT2D eigenvalue weighted by molar-refractivity contribution is 0.318. The maximum Gasteiger partial charge on any atom is 0.251 e. The number of rotatable bonds is 4. The van der Waals surface area contributed by atoms with E-state index in [1.165, 1.54) is 30.0 Å². The standard InChI is InChI=1S/C13H13FN4O2S/c1-7-2-11(19)17-13(16-7)21-6-8-3-9(12(15)18-20)5-10(14)4-8/h2-5,20H,6H2,1H3,(H2,15,18)(H,16,17,19). The van der Waals surface area contributed by atoms with Crippen molar-refractivity contribution in [2.75, 3.05) is 0 Å². The summed E-state index contributed by atoms with van der Waals surface area (Å²) in [5.74, 6) is -0.265. The predicted molar refractivity (Wildman–Crippen MR) is 78.1 cm³/mol. The van der Waals surface area contributed by atoms with Crippen molar-refractivity contribution in [2.24, 2.45) is 10.9 Å². The normalized spacial score (nSPS) is 11.6. The Morgan fingerprint density at radius 2 is 2.24 bits per heavy atom. The zero-order valence-electron chi connectivity index (χ0n) is 11.1. The summed E-state index contributed by atoms with van der Waals surface area (Å²) in [6.45, 7) is 1.72. The highest BCUT2D eigenvalue weighted by Crippen LogP contribution is 2.20. The van der Waals surface area contributed by atoms with Gasteiger partial charge in [0.05, 0.1) is 0 Å². The van der Waals surface area contributed by atoms with Crippen molar-refractivity contribution in [1.82, 2.24) is 9.97 Å². The summed E-state index contributed by atoms with van der Waals surface area (Å²) in [7, 11) is 0. The Hall–Kier alpha value is -2.35. The Bertz CT molecular complexity index is 745. The van der Waals surface area contributed by atoms with Gasteiger partial charge in [-0.3, -0.25) is 4.79 Å². The summed E-state index contributed by atoms with van der Waals surface area (Å²) in [6, 6.07) is 5.52. The number of hydrogen-bond acceptors (Lipinski definition) is 5. The van der Waals surface area contributed by atoms with Gasteiger partial charge >= 0.3 is 0 Å². The lowest BCUT2D eigenvalue weighted by Gasteiger charge is -2.05. The zero-order chi connectivity index (χ0) is 15.4. The van der Waals surface area contributed by atoms with Gasteiger partial charge in [0.25, 0.3) is 5.56 Å². The van der Waals surface area contributed by atoms with Crippen LogP contribution < -0.4 is 11.3 Å². The number of aryl methyl sites for hydroxylation is 1. The lowest BCUT2D eigenvalue weighted by atomic mass is 10.1. The molecule has 0 atom stereocenters. The molecule has 0 saturated carbocycles. The highest BCUT2D eigenvalue weighted by atomic mass is 32.2. The maximum absolute atomic E-state index is 13.5. The van der Waals surface area contributed by atoms with Crippen LogP contribution in [0.25, 0.3) is 0 Å². The van der Waals surface area contributed by atoms with Crippen molar-refractivity contribution >= 4 is 17.6 Å². The van der Waals surface area contributed by atoms with Crippen molar-refractivity contribution in [1.29, 1.82) is 0 Å². The average molecular weight is 308 g/mol. The van der Waals surface area contributed by atoms with E-state index in [1.54, 1.807) is 13.0 Å². The van der Waals surface area contributed by atoms with E-state index in [2.05, 4.69) is 15.1 Å². The fraction of sp³-hybridized carbons (Fsp3) is 0.154. The highest BCUT2D eigenvalue weighted by molar-refractivity contribution is 7.98. The first-order valence-corrected chi connectivity index (χ1v) is 6.94. The molecule has 21 heavy (non-hydrogen) atoms. The molecule has 0 aliphatic rings. The van der Waals surface area contributed by atoms with Crippen molar-refractivity contribution in [3.8, 4) is 0 Å². The molecule has 0 amide bonds. The maximum atomic E-state index is 13.5. The molecule has 110 valence electrons. The number of nitrogens with zero attached hydrogens (tertiary/aromatic N) is 2. The minimum absolute atomic E-state index is 0.164. The van der Waals surface area contributed by atoms with Crippen LogP contribution in [0.4, 0.5) is 4.39 Å². The Labute approximate surface area is 123 Å². The van der Waals surface area contributed by atoms with Crippen molar-refractivity contribution in [2.45, 2.75) is 17.8 Å². The molecule has 0 aliphatic heterocycles. The minimum Gasteiger partial charge on any atom is -0.409 e. The molecule has 0 aliphatic carbocycles. The van der Waals surface area contributed by atoms with E-state index >= 15 is 0 Å². The number of aromatic amines is 1. The average Bonchev–Trinajstić information content (AvgIpc) is 2.42. The van der Waals surface area contributed by atoms with E-state index in [0.29, 0.717) is 27.7 Å². The van der Waals surface area contributed by atoms with Crippen LogP contribution in [0.15, 0.2) is 39.4 Å². The van der Waals surface area contributed by atoms with Crippen LogP contribution >= 0.6 is 11.8 Å². The summed E-state index contributed by atoms with van der Waals surface area (Å²) in [6.07, 6.45) is 0. The largest absolute Gasteiger partial charge is 0.409 e. The number of halogens is 1. The van der Waals surface area contributed by atoms with Gasteiger partial charge in [-0.1, -0.05) is 16.9 Å². The molecule has 1 aromatic heterocycles. The number of hydrogen-bond donors (Lipinski definition) is 3. The minimum atomic E-state index is -0.486. The number of amidine groups is 1. The van der Waals surface area contributed by atoms with Gasteiger partial charge in [0.15, 0.2) is 11.0 Å². The van der Waals surface area contributed by atoms with Gasteiger partial charge in [0, 0.05) is 23.1 Å². The molecular weight excluding hydrogens is 295 g/mol. The third-order valence-corrected chi connectivity index (χ3v) is 3.53. The Kier molecular flexibility index (Phi) is 4.59. The SMILES string of the molecule is Cc1cc(=O)[nH]c(SCc2cc(F)cc(/C(N)=N/O)c2)n1. The molecule has 0 radical (unpaired) electrons. The van der Waals surface area contributed by atoms with Gasteiger partial charge in [-0.15, -0.1) is 0 Å². The Morgan fingerprint density at radius 1 is 1.48 bits per heavy atom. The molecule has 0 bridgehead atoms. The zero-order valence-corrected chi connectivity index (χ0v) is 11.9. The summed E-state index contributed by atoms with van der Waals surface area (Å²) in [5, 5.41) is 11.9. The monoisotopic (exact) mass is 308 g/mol. The van der Waals surface area contributed by atoms with Crippen molar-refractivity contribution in [3.05, 3.63) is 57.3 Å². The Morgan fingerprint density at radius 3 is 2.90 bits per heavy atom. The second-order valence-corrected chi connectivity index (χ2v) is 5.28. The van der Waals surface area contributed by atoms with Crippen LogP contribution in [-0.4, -0.2) is 21.0 Å². The molecule has 0 unspecified atom stereocenters. The lowest BCUT2D eigenvalue weighted by Crippen LogP contribution is -2.13. The summed E-state index contributed by atoms with van der Waals surface area (Å²) in [5.41, 5.74) is 6.74. The molecule has 0 saturated heterocycles. The molecule has 0 fully saturated rings. The van der Waals surface area contributed by atoms with Gasteiger partial charge in [-0.2, -0.15) is 0 Å². The first-order chi connectivity index (χ1) is 9.97. The van der Waals surface area contributed by atoms with Crippen molar-refractivity contribution < 1.29 is 9.60 Å². The highest BCUT2D eigenvalue weighted by Gasteiger charge is 2.06. The van der Waals surface area contributed by atoms with Crippen LogP contribution in [0.5, 0.6) is 0 Å². The number of aromatic nitrogens is 2. The summed E-state index contributed by atoms with van der Waals surface area (Å²) < 4.78 is 13.5. The van der Waals surface area contributed by atoms with E-state index in [1.807, 2.05) is 0 Å². The number of benzene rings is 1. The van der Waals surface area contributed by atoms with E-state index in [-0.39, 0.29) is 11.4 Å². The number of thioether (sulfide) groups is 1. The molecule has 2 rings (SSSR count). The molecule has 6 nitrogen and oxygen atoms in total. The van der Waals surface area contributed by atoms with E-state index in [4.69, 9.17) is 10.9 Å². The van der Waals surface area contributed by atoms with Crippen LogP contribution in [0.1, 0.15) is 16.8 Å². The van der Waals surface area contributed by atoms with Gasteiger partial charge in [0.1, 0.15) is 5.82 Å². The third-order valence-electron chi connectivity index (χ3n) is 2.58. The third kappa shape index (κ3) is 4.06. The van der Waals surface area contributed by atoms with Crippen LogP contribution in [0.3, 0.4) is 0 Å². The van der Waals surface area contributed by atoms with E-state index < -0.39 is 5.82 Å². The molecule has 4 N–H and O–H groups in total. The Balaban J connectivity index is 2.20. The van der Waals surface area contributed by atoms with Crippen LogP contribution in [-0.2, 0) is 5.75 Å². The first-order valence-electron chi connectivity index (χ1n) is 5.96. The van der Waals surface area contributed by atoms with Gasteiger partial charge in [0.2, 0.25) is 0 Å². The first kappa shape index (κ1) is 15.0. The summed E-state index contributed by atoms with van der Waals surface area (Å²) >= 11 is 1.26. The topological polar surface area (TPSA) is 104 Å². The van der Waals surface area contributed by atoms with Crippen molar-refractivity contribution in [3.63, 3.8) is 0 Å². The fourth-order valence-corrected chi connectivity index (χ4v) is 2.56. The van der Waals surface area contributed by atoms with E-state index in [0.717, 1.165) is 0 Å². The second kappa shape index (κ2) is 6.40. The molecular formula is C13H13FN4O2S. The molecule has 2 aromatic rings. The predicted octanol–water partition coefficient (Wildman–Crippen LogP) is 1.60. The number of oxime groups is 1. The second-order valence-electron chi connectivity index (χ2n) is 4.31. The van der Waals surface area contributed by atoms with Gasteiger partial charge in [-0.05, 0) is 30.7 Å². The molecule has 0 spiro atoms. The molecule has 1 heterocycles. The van der Waals surface area contributed by atoms with Crippen LogP contribution in [0, 0.1) is 12.7 Å². The van der Waals surface area contributed by atoms with Gasteiger partial charge in [-0.25, -0.2) is 9.37 Å².